The van der Waals surface area contributed by atoms with Crippen molar-refractivity contribution in [3.8, 4) is 22.9 Å². The fourth-order valence-corrected chi connectivity index (χ4v) is 2.39. The van der Waals surface area contributed by atoms with Gasteiger partial charge in [-0.3, -0.25) is 4.79 Å². The van der Waals surface area contributed by atoms with Crippen LogP contribution in [0.4, 0.5) is 0 Å². The van der Waals surface area contributed by atoms with Gasteiger partial charge in [0.05, 0.1) is 25.8 Å². The van der Waals surface area contributed by atoms with Gasteiger partial charge in [-0.05, 0) is 43.3 Å². The molecule has 1 heterocycles. The van der Waals surface area contributed by atoms with E-state index in [1.807, 2.05) is 31.2 Å². The van der Waals surface area contributed by atoms with Gasteiger partial charge in [-0.25, -0.2) is 0 Å². The molecule has 1 N–H and O–H groups in total. The van der Waals surface area contributed by atoms with E-state index < -0.39 is 0 Å². The number of methoxy groups -OCH3 is 1. The van der Waals surface area contributed by atoms with Crippen molar-refractivity contribution in [2.24, 2.45) is 0 Å². The van der Waals surface area contributed by atoms with E-state index in [0.29, 0.717) is 29.6 Å². The molecule has 0 radical (unpaired) electrons. The number of ether oxygens (including phenoxy) is 2. The van der Waals surface area contributed by atoms with Crippen LogP contribution in [0.15, 0.2) is 53.1 Å². The number of aromatic nitrogens is 2. The first kappa shape index (κ1) is 17.5. The lowest BCUT2D eigenvalue weighted by molar-refractivity contribution is 0.0946. The fraction of sp³-hybridized carbons (Fsp3) is 0.211. The van der Waals surface area contributed by atoms with Crippen LogP contribution in [0.25, 0.3) is 11.4 Å². The van der Waals surface area contributed by atoms with Crippen LogP contribution in [0.3, 0.4) is 0 Å². The number of hydrogen-bond acceptors (Lipinski definition) is 6. The summed E-state index contributed by atoms with van der Waals surface area (Å²) < 4.78 is 15.9. The minimum Gasteiger partial charge on any atom is -0.496 e. The van der Waals surface area contributed by atoms with Gasteiger partial charge in [-0.15, -0.1) is 0 Å². The van der Waals surface area contributed by atoms with Gasteiger partial charge in [-0.1, -0.05) is 17.3 Å². The van der Waals surface area contributed by atoms with Crippen LogP contribution in [0.5, 0.6) is 11.5 Å². The first-order valence-electron chi connectivity index (χ1n) is 8.18. The Kier molecular flexibility index (Phi) is 5.48. The smallest absolute Gasteiger partial charge is 0.251 e. The third-order valence-electron chi connectivity index (χ3n) is 3.64. The molecule has 0 aliphatic heterocycles. The van der Waals surface area contributed by atoms with Crippen molar-refractivity contribution >= 4 is 5.91 Å². The summed E-state index contributed by atoms with van der Waals surface area (Å²) in [5, 5.41) is 6.70. The number of para-hydroxylation sites is 1. The molecule has 0 spiro atoms. The highest BCUT2D eigenvalue weighted by Gasteiger charge is 2.14. The summed E-state index contributed by atoms with van der Waals surface area (Å²) in [5.41, 5.74) is 1.25. The molecule has 1 aromatic heterocycles. The minimum absolute atomic E-state index is 0.133. The van der Waals surface area contributed by atoms with Crippen molar-refractivity contribution in [2.45, 2.75) is 13.5 Å². The highest BCUT2D eigenvalue weighted by molar-refractivity contribution is 5.94. The summed E-state index contributed by atoms with van der Waals surface area (Å²) in [6.07, 6.45) is 0. The Labute approximate surface area is 150 Å². The lowest BCUT2D eigenvalue weighted by Crippen LogP contribution is -2.22. The lowest BCUT2D eigenvalue weighted by Gasteiger charge is -2.05. The highest BCUT2D eigenvalue weighted by atomic mass is 16.5. The fourth-order valence-electron chi connectivity index (χ4n) is 2.39. The number of benzene rings is 2. The van der Waals surface area contributed by atoms with Crippen LogP contribution >= 0.6 is 0 Å². The quantitative estimate of drug-likeness (QED) is 0.702. The van der Waals surface area contributed by atoms with Crippen molar-refractivity contribution in [2.75, 3.05) is 13.7 Å². The van der Waals surface area contributed by atoms with Crippen molar-refractivity contribution < 1.29 is 18.8 Å². The summed E-state index contributed by atoms with van der Waals surface area (Å²) in [6, 6.07) is 14.3. The maximum atomic E-state index is 12.2. The van der Waals surface area contributed by atoms with Crippen molar-refractivity contribution in [1.29, 1.82) is 0 Å². The topological polar surface area (TPSA) is 86.5 Å². The molecule has 26 heavy (non-hydrogen) atoms. The van der Waals surface area contributed by atoms with E-state index in [4.69, 9.17) is 14.0 Å². The molecule has 3 rings (SSSR count). The Hall–Kier alpha value is -3.35. The summed E-state index contributed by atoms with van der Waals surface area (Å²) in [6.45, 7) is 2.62. The van der Waals surface area contributed by atoms with E-state index in [1.54, 1.807) is 31.4 Å². The van der Waals surface area contributed by atoms with Crippen molar-refractivity contribution in [1.82, 2.24) is 15.5 Å². The molecule has 0 atom stereocenters. The Morgan fingerprint density at radius 1 is 1.15 bits per heavy atom. The van der Waals surface area contributed by atoms with E-state index in [1.165, 1.54) is 0 Å². The zero-order valence-electron chi connectivity index (χ0n) is 14.6. The Bertz CT molecular complexity index is 875. The zero-order chi connectivity index (χ0) is 18.4. The minimum atomic E-state index is -0.231. The van der Waals surface area contributed by atoms with Crippen LogP contribution in [0.2, 0.25) is 0 Å². The number of carbonyl (C=O) groups excluding carboxylic acids is 1. The summed E-state index contributed by atoms with van der Waals surface area (Å²) in [7, 11) is 1.58. The van der Waals surface area contributed by atoms with Crippen LogP contribution < -0.4 is 14.8 Å². The molecular formula is C19H19N3O4. The molecule has 2 aromatic carbocycles. The van der Waals surface area contributed by atoms with Gasteiger partial charge in [0.15, 0.2) is 0 Å². The number of carbonyl (C=O) groups is 1. The van der Waals surface area contributed by atoms with Crippen molar-refractivity contribution in [3.05, 3.63) is 60.0 Å². The second-order valence-electron chi connectivity index (χ2n) is 5.35. The Morgan fingerprint density at radius 3 is 2.65 bits per heavy atom. The number of nitrogens with one attached hydrogen (secondary N) is 1. The average Bonchev–Trinajstić information content (AvgIpc) is 3.16. The van der Waals surface area contributed by atoms with Crippen LogP contribution in [0.1, 0.15) is 23.2 Å². The molecule has 134 valence electrons. The molecule has 0 saturated carbocycles. The second-order valence-corrected chi connectivity index (χ2v) is 5.35. The predicted molar refractivity (Wildman–Crippen MR) is 95.1 cm³/mol. The normalized spacial score (nSPS) is 10.4. The molecule has 1 amide bonds. The van der Waals surface area contributed by atoms with Crippen molar-refractivity contribution in [3.63, 3.8) is 0 Å². The third kappa shape index (κ3) is 4.00. The highest BCUT2D eigenvalue weighted by Crippen LogP contribution is 2.26. The molecule has 3 aromatic rings. The SMILES string of the molecule is CCOc1ccc(C(=O)NCc2nc(-c3ccccc3OC)no2)cc1. The Balaban J connectivity index is 1.63. The molecule has 0 aliphatic carbocycles. The third-order valence-corrected chi connectivity index (χ3v) is 3.64. The van der Waals surface area contributed by atoms with Crippen LogP contribution in [-0.2, 0) is 6.54 Å². The average molecular weight is 353 g/mol. The number of amides is 1. The van der Waals surface area contributed by atoms with Gasteiger partial charge >= 0.3 is 0 Å². The predicted octanol–water partition coefficient (Wildman–Crippen LogP) is 3.07. The number of nitrogens with zero attached hydrogens (tertiary/aromatic N) is 2. The van der Waals surface area contributed by atoms with Gasteiger partial charge < -0.3 is 19.3 Å². The molecule has 0 saturated heterocycles. The van der Waals surface area contributed by atoms with Crippen LogP contribution in [-0.4, -0.2) is 29.8 Å². The molecule has 0 unspecified atom stereocenters. The van der Waals surface area contributed by atoms with Gasteiger partial charge in [0.2, 0.25) is 11.7 Å². The number of hydrogen-bond donors (Lipinski definition) is 1. The van der Waals surface area contributed by atoms with E-state index in [9.17, 15) is 4.79 Å². The summed E-state index contributed by atoms with van der Waals surface area (Å²) in [5.74, 6) is 1.86. The van der Waals surface area contributed by atoms with Gasteiger partial charge in [0.25, 0.3) is 5.91 Å². The first-order valence-corrected chi connectivity index (χ1v) is 8.18. The van der Waals surface area contributed by atoms with E-state index >= 15 is 0 Å². The first-order chi connectivity index (χ1) is 12.7. The number of rotatable bonds is 7. The second kappa shape index (κ2) is 8.15. The monoisotopic (exact) mass is 353 g/mol. The van der Waals surface area contributed by atoms with E-state index in [-0.39, 0.29) is 12.5 Å². The Morgan fingerprint density at radius 2 is 1.92 bits per heavy atom. The maximum absolute atomic E-state index is 12.2. The molecule has 7 heteroatoms. The van der Waals surface area contributed by atoms with Crippen LogP contribution in [0, 0.1) is 0 Å². The van der Waals surface area contributed by atoms with E-state index in [0.717, 1.165) is 11.3 Å². The van der Waals surface area contributed by atoms with E-state index in [2.05, 4.69) is 15.5 Å². The standard InChI is InChI=1S/C19H19N3O4/c1-3-25-14-10-8-13(9-11-14)19(23)20-12-17-21-18(22-26-17)15-6-4-5-7-16(15)24-2/h4-11H,3,12H2,1-2H3,(H,20,23). The van der Waals surface area contributed by atoms with Gasteiger partial charge in [0, 0.05) is 5.56 Å². The molecule has 7 nitrogen and oxygen atoms in total. The maximum Gasteiger partial charge on any atom is 0.251 e. The molecule has 0 fully saturated rings. The van der Waals surface area contributed by atoms with Gasteiger partial charge in [-0.2, -0.15) is 4.98 Å². The van der Waals surface area contributed by atoms with Gasteiger partial charge in [0.1, 0.15) is 11.5 Å². The zero-order valence-corrected chi connectivity index (χ0v) is 14.6. The molecule has 0 aliphatic rings. The molecular weight excluding hydrogens is 334 g/mol. The molecule has 0 bridgehead atoms. The lowest BCUT2D eigenvalue weighted by atomic mass is 10.2. The largest absolute Gasteiger partial charge is 0.496 e. The summed E-state index contributed by atoms with van der Waals surface area (Å²) >= 11 is 0. The summed E-state index contributed by atoms with van der Waals surface area (Å²) in [4.78, 5) is 16.5.